The van der Waals surface area contributed by atoms with Crippen LogP contribution in [-0.4, -0.2) is 11.5 Å². The third-order valence-corrected chi connectivity index (χ3v) is 1.41. The van der Waals surface area contributed by atoms with Gasteiger partial charge in [-0.25, -0.2) is 0 Å². The van der Waals surface area contributed by atoms with Crippen LogP contribution in [0.3, 0.4) is 0 Å². The molecule has 12 heavy (non-hydrogen) atoms. The number of hydrogen-bond acceptors (Lipinski definition) is 2. The molecule has 2 heteroatoms. The second-order valence-electron chi connectivity index (χ2n) is 2.43. The molecule has 0 amide bonds. The standard InChI is InChI=1S/C10H12N2/c11-7-3-1-2-5-10-6-4-8-12-9-10/h4,6,8-9H,3,5,7,11H2. The first-order valence-electron chi connectivity index (χ1n) is 3.98. The van der Waals surface area contributed by atoms with Gasteiger partial charge >= 0.3 is 0 Å². The third kappa shape index (κ3) is 3.18. The molecule has 0 aliphatic carbocycles. The van der Waals surface area contributed by atoms with E-state index in [1.54, 1.807) is 6.20 Å². The summed E-state index contributed by atoms with van der Waals surface area (Å²) in [5.74, 6) is 6.01. The van der Waals surface area contributed by atoms with Crippen LogP contribution >= 0.6 is 0 Å². The molecule has 0 aliphatic rings. The lowest BCUT2D eigenvalue weighted by Crippen LogP contribution is -1.95. The van der Waals surface area contributed by atoms with Crippen molar-refractivity contribution in [1.29, 1.82) is 0 Å². The Labute approximate surface area is 72.8 Å². The zero-order valence-electron chi connectivity index (χ0n) is 6.96. The van der Waals surface area contributed by atoms with Crippen molar-refractivity contribution in [2.45, 2.75) is 12.8 Å². The van der Waals surface area contributed by atoms with Gasteiger partial charge < -0.3 is 5.73 Å². The van der Waals surface area contributed by atoms with E-state index in [1.807, 2.05) is 18.3 Å². The Balaban J connectivity index is 2.40. The maximum atomic E-state index is 5.29. The van der Waals surface area contributed by atoms with Gasteiger partial charge in [0.15, 0.2) is 0 Å². The number of nitrogens with zero attached hydrogens (tertiary/aromatic N) is 1. The lowest BCUT2D eigenvalue weighted by atomic mass is 10.2. The highest BCUT2D eigenvalue weighted by molar-refractivity contribution is 5.16. The summed E-state index contributed by atoms with van der Waals surface area (Å²) in [5, 5.41) is 0. The van der Waals surface area contributed by atoms with Gasteiger partial charge in [-0.05, 0) is 11.6 Å². The van der Waals surface area contributed by atoms with E-state index in [1.165, 1.54) is 0 Å². The molecule has 0 aliphatic heterocycles. The SMILES string of the molecule is NCCC#CCc1cccnc1. The number of hydrogen-bond donors (Lipinski definition) is 1. The first-order chi connectivity index (χ1) is 5.93. The summed E-state index contributed by atoms with van der Waals surface area (Å²) in [5.41, 5.74) is 6.45. The Kier molecular flexibility index (Phi) is 3.90. The second kappa shape index (κ2) is 5.34. The molecule has 0 spiro atoms. The molecule has 2 N–H and O–H groups in total. The van der Waals surface area contributed by atoms with E-state index in [-0.39, 0.29) is 0 Å². The number of pyridine rings is 1. The van der Waals surface area contributed by atoms with Gasteiger partial charge in [0.05, 0.1) is 0 Å². The highest BCUT2D eigenvalue weighted by atomic mass is 14.6. The van der Waals surface area contributed by atoms with Crippen molar-refractivity contribution < 1.29 is 0 Å². The van der Waals surface area contributed by atoms with Gasteiger partial charge in [-0.15, -0.1) is 5.92 Å². The minimum absolute atomic E-state index is 0.639. The van der Waals surface area contributed by atoms with Gasteiger partial charge in [-0.2, -0.15) is 0 Å². The molecule has 1 heterocycles. The lowest BCUT2D eigenvalue weighted by Gasteiger charge is -1.90. The quantitative estimate of drug-likeness (QED) is 0.655. The van der Waals surface area contributed by atoms with E-state index in [2.05, 4.69) is 16.8 Å². The van der Waals surface area contributed by atoms with Gasteiger partial charge in [-0.3, -0.25) is 4.98 Å². The molecule has 0 radical (unpaired) electrons. The molecule has 0 fully saturated rings. The molecular formula is C10H12N2. The van der Waals surface area contributed by atoms with E-state index >= 15 is 0 Å². The zero-order chi connectivity index (χ0) is 8.65. The molecule has 1 rings (SSSR count). The van der Waals surface area contributed by atoms with E-state index in [9.17, 15) is 0 Å². The molecule has 0 atom stereocenters. The maximum Gasteiger partial charge on any atom is 0.0355 e. The van der Waals surface area contributed by atoms with Crippen LogP contribution < -0.4 is 5.73 Å². The normalized spacial score (nSPS) is 8.75. The fraction of sp³-hybridized carbons (Fsp3) is 0.300. The molecule has 0 unspecified atom stereocenters. The minimum atomic E-state index is 0.639. The van der Waals surface area contributed by atoms with Crippen LogP contribution in [0.2, 0.25) is 0 Å². The van der Waals surface area contributed by atoms with Crippen molar-refractivity contribution in [3.05, 3.63) is 30.1 Å². The van der Waals surface area contributed by atoms with Crippen molar-refractivity contribution in [2.24, 2.45) is 5.73 Å². The lowest BCUT2D eigenvalue weighted by molar-refractivity contribution is 1.03. The maximum absolute atomic E-state index is 5.29. The second-order valence-corrected chi connectivity index (χ2v) is 2.43. The third-order valence-electron chi connectivity index (χ3n) is 1.41. The highest BCUT2D eigenvalue weighted by Crippen LogP contribution is 1.94. The van der Waals surface area contributed by atoms with Crippen molar-refractivity contribution in [1.82, 2.24) is 4.98 Å². The van der Waals surface area contributed by atoms with Crippen molar-refractivity contribution >= 4 is 0 Å². The molecule has 2 nitrogen and oxygen atoms in total. The van der Waals surface area contributed by atoms with Crippen LogP contribution in [-0.2, 0) is 6.42 Å². The summed E-state index contributed by atoms with van der Waals surface area (Å²) in [6.07, 6.45) is 5.14. The Hall–Kier alpha value is -1.33. The smallest absolute Gasteiger partial charge is 0.0355 e. The molecular weight excluding hydrogens is 148 g/mol. The average Bonchev–Trinajstić information content (AvgIpc) is 2.14. The Morgan fingerprint density at radius 1 is 1.42 bits per heavy atom. The molecule has 0 saturated heterocycles. The number of nitrogens with two attached hydrogens (primary N) is 1. The van der Waals surface area contributed by atoms with Crippen LogP contribution in [0.25, 0.3) is 0 Å². The number of rotatable bonds is 2. The molecule has 0 saturated carbocycles. The predicted molar refractivity (Wildman–Crippen MR) is 49.4 cm³/mol. The highest BCUT2D eigenvalue weighted by Gasteiger charge is 1.85. The Morgan fingerprint density at radius 2 is 2.33 bits per heavy atom. The van der Waals surface area contributed by atoms with Crippen molar-refractivity contribution in [3.8, 4) is 11.8 Å². The first-order valence-corrected chi connectivity index (χ1v) is 3.98. The first kappa shape index (κ1) is 8.76. The van der Waals surface area contributed by atoms with Crippen LogP contribution in [0, 0.1) is 11.8 Å². The van der Waals surface area contributed by atoms with Gasteiger partial charge in [-0.1, -0.05) is 12.0 Å². The Bertz CT molecular complexity index is 269. The average molecular weight is 160 g/mol. The van der Waals surface area contributed by atoms with Crippen LogP contribution in [0.15, 0.2) is 24.5 Å². The van der Waals surface area contributed by atoms with E-state index in [4.69, 9.17) is 5.73 Å². The minimum Gasteiger partial charge on any atom is -0.330 e. The van der Waals surface area contributed by atoms with Crippen LogP contribution in [0.4, 0.5) is 0 Å². The molecule has 62 valence electrons. The van der Waals surface area contributed by atoms with Crippen molar-refractivity contribution in [2.75, 3.05) is 6.54 Å². The van der Waals surface area contributed by atoms with E-state index < -0.39 is 0 Å². The van der Waals surface area contributed by atoms with Crippen LogP contribution in [0.5, 0.6) is 0 Å². The van der Waals surface area contributed by atoms with Gasteiger partial charge in [0.2, 0.25) is 0 Å². The molecule has 0 aromatic carbocycles. The van der Waals surface area contributed by atoms with Gasteiger partial charge in [0, 0.05) is 31.8 Å². The van der Waals surface area contributed by atoms with E-state index in [0.717, 1.165) is 18.4 Å². The molecule has 1 aromatic heterocycles. The fourth-order valence-electron chi connectivity index (χ4n) is 0.828. The van der Waals surface area contributed by atoms with Gasteiger partial charge in [0.1, 0.15) is 0 Å². The fourth-order valence-corrected chi connectivity index (χ4v) is 0.828. The van der Waals surface area contributed by atoms with E-state index in [0.29, 0.717) is 6.54 Å². The summed E-state index contributed by atoms with van der Waals surface area (Å²) in [7, 11) is 0. The number of aromatic nitrogens is 1. The van der Waals surface area contributed by atoms with Crippen LogP contribution in [0.1, 0.15) is 12.0 Å². The van der Waals surface area contributed by atoms with Crippen molar-refractivity contribution in [3.63, 3.8) is 0 Å². The predicted octanol–water partition coefficient (Wildman–Crippen LogP) is 0.976. The van der Waals surface area contributed by atoms with Gasteiger partial charge in [0.25, 0.3) is 0 Å². The summed E-state index contributed by atoms with van der Waals surface area (Å²) in [6, 6.07) is 3.93. The molecule has 1 aromatic rings. The largest absolute Gasteiger partial charge is 0.330 e. The summed E-state index contributed by atoms with van der Waals surface area (Å²) in [4.78, 5) is 3.99. The summed E-state index contributed by atoms with van der Waals surface area (Å²) in [6.45, 7) is 0.639. The summed E-state index contributed by atoms with van der Waals surface area (Å²) >= 11 is 0. The topological polar surface area (TPSA) is 38.9 Å². The summed E-state index contributed by atoms with van der Waals surface area (Å²) < 4.78 is 0. The zero-order valence-corrected chi connectivity index (χ0v) is 6.96. The Morgan fingerprint density at radius 3 is 3.00 bits per heavy atom. The monoisotopic (exact) mass is 160 g/mol. The molecule has 0 bridgehead atoms.